The fourth-order valence-corrected chi connectivity index (χ4v) is 4.16. The quantitative estimate of drug-likeness (QED) is 0.200. The maximum atomic E-state index is 13.1. The van der Waals surface area contributed by atoms with Crippen LogP contribution in [0.25, 0.3) is 0 Å². The molecule has 2 aliphatic rings. The fraction of sp³-hybridized carbons (Fsp3) is 0.750. The predicted octanol–water partition coefficient (Wildman–Crippen LogP) is 3.74. The van der Waals surface area contributed by atoms with Crippen LogP contribution in [0.4, 0.5) is 9.59 Å². The van der Waals surface area contributed by atoms with Crippen molar-refractivity contribution in [2.45, 2.75) is 85.5 Å². The molecule has 1 saturated carbocycles. The molecule has 0 aromatic rings. The first kappa shape index (κ1) is 27.5. The molecule has 2 rings (SSSR count). The Kier molecular flexibility index (Phi) is 8.26. The molecule has 192 valence electrons. The van der Waals surface area contributed by atoms with Gasteiger partial charge in [-0.25, -0.2) is 20.0 Å². The lowest BCUT2D eigenvalue weighted by atomic mass is 9.79. The zero-order chi connectivity index (χ0) is 25.9. The van der Waals surface area contributed by atoms with Crippen LogP contribution in [0.5, 0.6) is 0 Å². The van der Waals surface area contributed by atoms with E-state index in [0.29, 0.717) is 12.8 Å². The number of esters is 2. The van der Waals surface area contributed by atoms with Gasteiger partial charge in [-0.2, -0.15) is 0 Å². The van der Waals surface area contributed by atoms with Gasteiger partial charge < -0.3 is 18.9 Å². The molecule has 0 heterocycles. The van der Waals surface area contributed by atoms with E-state index in [4.69, 9.17) is 18.9 Å². The van der Waals surface area contributed by atoms with E-state index in [1.807, 2.05) is 0 Å². The van der Waals surface area contributed by atoms with Crippen LogP contribution in [-0.2, 0) is 28.5 Å². The molecule has 2 amide bonds. The van der Waals surface area contributed by atoms with Crippen molar-refractivity contribution >= 4 is 24.1 Å². The van der Waals surface area contributed by atoms with Crippen molar-refractivity contribution in [3.05, 3.63) is 12.2 Å². The van der Waals surface area contributed by atoms with Gasteiger partial charge in [0.05, 0.1) is 19.3 Å². The molecule has 10 nitrogen and oxygen atoms in total. The van der Waals surface area contributed by atoms with Crippen molar-refractivity contribution in [1.29, 1.82) is 0 Å². The summed E-state index contributed by atoms with van der Waals surface area (Å²) in [5.74, 6) is -3.09. The van der Waals surface area contributed by atoms with Crippen LogP contribution in [-0.4, -0.2) is 59.6 Å². The topological polar surface area (TPSA) is 120 Å². The number of rotatable bonds is 6. The zero-order valence-corrected chi connectivity index (χ0v) is 21.4. The van der Waals surface area contributed by atoms with E-state index in [2.05, 4.69) is 5.43 Å². The largest absolute Gasteiger partial charge is 0.465 e. The lowest BCUT2D eigenvalue weighted by Gasteiger charge is -2.37. The Labute approximate surface area is 201 Å². The van der Waals surface area contributed by atoms with Crippen LogP contribution >= 0.6 is 0 Å². The van der Waals surface area contributed by atoms with Gasteiger partial charge in [-0.15, -0.1) is 0 Å². The van der Waals surface area contributed by atoms with Crippen LogP contribution < -0.4 is 5.43 Å². The number of hydrazine groups is 1. The summed E-state index contributed by atoms with van der Waals surface area (Å²) in [6, 6.07) is -0.661. The molecule has 0 aromatic carbocycles. The molecule has 0 saturated heterocycles. The number of allylic oxidation sites excluding steroid dienone is 1. The summed E-state index contributed by atoms with van der Waals surface area (Å²) in [4.78, 5) is 51.2. The standard InChI is InChI=1S/C24H38N2O8/c1-9-31-18(27)17(19(28)32-10-2)15-11-12-16(24(15)13-14-24)26(21(30)34-23(6,7)8)25-20(29)33-22(3,4)5/h11-12,15-17H,9-10,13-14H2,1-8H3,(H,25,29)/t15-,16-/m1/s1. The van der Waals surface area contributed by atoms with Crippen molar-refractivity contribution in [2.24, 2.45) is 17.3 Å². The van der Waals surface area contributed by atoms with Gasteiger partial charge in [0.25, 0.3) is 0 Å². The average molecular weight is 483 g/mol. The monoisotopic (exact) mass is 482 g/mol. The third-order valence-corrected chi connectivity index (χ3v) is 5.50. The van der Waals surface area contributed by atoms with E-state index in [1.54, 1.807) is 67.5 Å². The Morgan fingerprint density at radius 1 is 0.912 bits per heavy atom. The number of nitrogens with zero attached hydrogens (tertiary/aromatic N) is 1. The number of carbonyl (C=O) groups is 4. The van der Waals surface area contributed by atoms with Crippen LogP contribution in [0, 0.1) is 17.3 Å². The minimum absolute atomic E-state index is 0.117. The molecule has 0 bridgehead atoms. The Hall–Kier alpha value is -2.78. The van der Waals surface area contributed by atoms with E-state index >= 15 is 0 Å². The molecule has 0 radical (unpaired) electrons. The molecule has 2 aliphatic carbocycles. The smallest absolute Gasteiger partial charge is 0.429 e. The first-order valence-corrected chi connectivity index (χ1v) is 11.7. The second kappa shape index (κ2) is 10.2. The van der Waals surface area contributed by atoms with Gasteiger partial charge >= 0.3 is 24.1 Å². The summed E-state index contributed by atoms with van der Waals surface area (Å²) in [5, 5.41) is 1.09. The predicted molar refractivity (Wildman–Crippen MR) is 122 cm³/mol. The highest BCUT2D eigenvalue weighted by molar-refractivity contribution is 5.96. The van der Waals surface area contributed by atoms with Crippen molar-refractivity contribution < 1.29 is 38.1 Å². The highest BCUT2D eigenvalue weighted by Crippen LogP contribution is 2.62. The third-order valence-electron chi connectivity index (χ3n) is 5.50. The molecule has 0 aliphatic heterocycles. The fourth-order valence-electron chi connectivity index (χ4n) is 4.16. The van der Waals surface area contributed by atoms with Gasteiger partial charge in [0, 0.05) is 11.3 Å². The molecule has 0 unspecified atom stereocenters. The molecule has 2 atom stereocenters. The second-order valence-electron chi connectivity index (χ2n) is 10.5. The highest BCUT2D eigenvalue weighted by Gasteiger charge is 2.63. The molecular weight excluding hydrogens is 444 g/mol. The highest BCUT2D eigenvalue weighted by atomic mass is 16.6. The first-order chi connectivity index (χ1) is 15.6. The van der Waals surface area contributed by atoms with Crippen molar-refractivity contribution in [2.75, 3.05) is 13.2 Å². The number of carbonyl (C=O) groups excluding carboxylic acids is 4. The maximum Gasteiger partial charge on any atom is 0.429 e. The summed E-state index contributed by atoms with van der Waals surface area (Å²) in [6.45, 7) is 13.8. The normalized spacial score (nSPS) is 20.6. The van der Waals surface area contributed by atoms with E-state index in [9.17, 15) is 19.2 Å². The summed E-state index contributed by atoms with van der Waals surface area (Å²) in [7, 11) is 0. The van der Waals surface area contributed by atoms with Gasteiger partial charge in [-0.05, 0) is 68.2 Å². The van der Waals surface area contributed by atoms with Crippen LogP contribution in [0.3, 0.4) is 0 Å². The minimum Gasteiger partial charge on any atom is -0.465 e. The van der Waals surface area contributed by atoms with Gasteiger partial charge in [0.2, 0.25) is 0 Å². The lowest BCUT2D eigenvalue weighted by Crippen LogP contribution is -2.56. The maximum absolute atomic E-state index is 13.1. The Morgan fingerprint density at radius 3 is 1.82 bits per heavy atom. The number of hydrogen-bond donors (Lipinski definition) is 1. The third kappa shape index (κ3) is 6.64. The molecule has 34 heavy (non-hydrogen) atoms. The van der Waals surface area contributed by atoms with E-state index in [1.165, 1.54) is 0 Å². The Balaban J connectivity index is 2.38. The summed E-state index contributed by atoms with van der Waals surface area (Å²) < 4.78 is 21.2. The molecule has 1 spiro atoms. The molecular formula is C24H38N2O8. The Morgan fingerprint density at radius 2 is 1.41 bits per heavy atom. The van der Waals surface area contributed by atoms with Crippen LogP contribution in [0.1, 0.15) is 68.2 Å². The zero-order valence-electron chi connectivity index (χ0n) is 21.4. The Bertz CT molecular complexity index is 802. The average Bonchev–Trinajstić information content (AvgIpc) is 3.36. The molecule has 0 aromatic heterocycles. The number of ether oxygens (including phenoxy) is 4. The molecule has 10 heteroatoms. The first-order valence-electron chi connectivity index (χ1n) is 11.7. The minimum atomic E-state index is -1.18. The summed E-state index contributed by atoms with van der Waals surface area (Å²) in [6.07, 6.45) is 3.09. The SMILES string of the molecule is CCOC(=O)C(C(=O)OCC)[C@H]1C=C[C@@H](N(NC(=O)OC(C)(C)C)C(=O)OC(C)(C)C)C12CC2. The van der Waals surface area contributed by atoms with Crippen LogP contribution in [0.15, 0.2) is 12.2 Å². The van der Waals surface area contributed by atoms with Gasteiger partial charge in [-0.3, -0.25) is 9.59 Å². The number of nitrogens with one attached hydrogen (secondary N) is 1. The van der Waals surface area contributed by atoms with Gasteiger partial charge in [-0.1, -0.05) is 12.2 Å². The molecule has 1 fully saturated rings. The van der Waals surface area contributed by atoms with Gasteiger partial charge in [0.1, 0.15) is 11.2 Å². The number of amides is 2. The van der Waals surface area contributed by atoms with Gasteiger partial charge in [0.15, 0.2) is 5.92 Å². The summed E-state index contributed by atoms with van der Waals surface area (Å²) >= 11 is 0. The summed E-state index contributed by atoms with van der Waals surface area (Å²) in [5.41, 5.74) is 0.258. The van der Waals surface area contributed by atoms with E-state index in [0.717, 1.165) is 5.01 Å². The van der Waals surface area contributed by atoms with E-state index < -0.39 is 58.6 Å². The van der Waals surface area contributed by atoms with Crippen molar-refractivity contribution in [1.82, 2.24) is 10.4 Å². The molecule has 1 N–H and O–H groups in total. The second-order valence-corrected chi connectivity index (χ2v) is 10.5. The van der Waals surface area contributed by atoms with Crippen molar-refractivity contribution in [3.8, 4) is 0 Å². The van der Waals surface area contributed by atoms with E-state index in [-0.39, 0.29) is 13.2 Å². The lowest BCUT2D eigenvalue weighted by molar-refractivity contribution is -0.165. The van der Waals surface area contributed by atoms with Crippen molar-refractivity contribution in [3.63, 3.8) is 0 Å². The van der Waals surface area contributed by atoms with Crippen LogP contribution in [0.2, 0.25) is 0 Å². The number of hydrogen-bond acceptors (Lipinski definition) is 8.